The van der Waals surface area contributed by atoms with Crippen molar-refractivity contribution < 1.29 is 18.7 Å². The number of furan rings is 1. The molecule has 1 N–H and O–H groups in total. The van der Waals surface area contributed by atoms with Gasteiger partial charge in [-0.2, -0.15) is 0 Å². The molecule has 0 aliphatic carbocycles. The number of hydrogen-bond donors (Lipinski definition) is 1. The van der Waals surface area contributed by atoms with Gasteiger partial charge in [-0.3, -0.25) is 10.1 Å². The van der Waals surface area contributed by atoms with E-state index in [1.165, 1.54) is 11.3 Å². The summed E-state index contributed by atoms with van der Waals surface area (Å²) in [5.74, 6) is 1.20. The largest absolute Gasteiger partial charge is 0.494 e. The predicted molar refractivity (Wildman–Crippen MR) is 146 cm³/mol. The number of ether oxygens (including phenoxy) is 2. The molecule has 0 aliphatic heterocycles. The van der Waals surface area contributed by atoms with Gasteiger partial charge in [0.2, 0.25) is 5.91 Å². The lowest BCUT2D eigenvalue weighted by Crippen LogP contribution is -2.08. The number of allylic oxidation sites excluding steroid dienone is 1. The minimum absolute atomic E-state index is 0.255. The molecule has 2 aromatic heterocycles. The van der Waals surface area contributed by atoms with Crippen molar-refractivity contribution in [2.24, 2.45) is 0 Å². The number of nitrogens with zero attached hydrogens (tertiary/aromatic N) is 1. The van der Waals surface area contributed by atoms with Crippen LogP contribution in [0.25, 0.3) is 37.9 Å². The lowest BCUT2D eigenvalue weighted by Gasteiger charge is -2.11. The van der Waals surface area contributed by atoms with Crippen molar-refractivity contribution in [3.8, 4) is 22.6 Å². The van der Waals surface area contributed by atoms with E-state index < -0.39 is 0 Å². The van der Waals surface area contributed by atoms with Crippen LogP contribution < -0.4 is 14.8 Å². The van der Waals surface area contributed by atoms with Gasteiger partial charge in [0.1, 0.15) is 17.1 Å². The van der Waals surface area contributed by atoms with Crippen molar-refractivity contribution in [1.29, 1.82) is 0 Å². The van der Waals surface area contributed by atoms with Gasteiger partial charge < -0.3 is 13.9 Å². The highest BCUT2D eigenvalue weighted by Gasteiger charge is 2.16. The van der Waals surface area contributed by atoms with Gasteiger partial charge in [0, 0.05) is 28.7 Å². The van der Waals surface area contributed by atoms with Crippen LogP contribution in [-0.4, -0.2) is 24.1 Å². The second kappa shape index (κ2) is 10.3. The van der Waals surface area contributed by atoms with Crippen LogP contribution in [0.5, 0.6) is 11.5 Å². The number of anilines is 1. The van der Waals surface area contributed by atoms with Crippen molar-refractivity contribution in [2.75, 3.05) is 18.5 Å². The average molecular weight is 499 g/mol. The summed E-state index contributed by atoms with van der Waals surface area (Å²) in [6, 6.07) is 19.7. The summed E-state index contributed by atoms with van der Waals surface area (Å²) in [7, 11) is 0. The monoisotopic (exact) mass is 498 g/mol. The van der Waals surface area contributed by atoms with Gasteiger partial charge in [-0.05, 0) is 56.2 Å². The SMILES string of the molecule is CCOc1ccc2nc(NC(=O)/C=C(\C)c3cc4c(-c5ccccc5)coc4cc3OCC)sc2c1. The molecule has 0 atom stereocenters. The van der Waals surface area contributed by atoms with Crippen molar-refractivity contribution in [3.05, 3.63) is 78.6 Å². The minimum atomic E-state index is -0.255. The normalized spacial score (nSPS) is 11.7. The molecular weight excluding hydrogens is 472 g/mol. The molecule has 2 heterocycles. The summed E-state index contributed by atoms with van der Waals surface area (Å²) >= 11 is 1.41. The topological polar surface area (TPSA) is 73.6 Å². The Morgan fingerprint density at radius 1 is 1.06 bits per heavy atom. The molecule has 36 heavy (non-hydrogen) atoms. The maximum atomic E-state index is 12.9. The summed E-state index contributed by atoms with van der Waals surface area (Å²) < 4.78 is 18.3. The molecule has 5 aromatic rings. The standard InChI is InChI=1S/C29H26N2O4S/c1-4-33-20-11-12-24-27(14-20)36-29(30-24)31-28(32)13-18(3)21-15-22-23(19-9-7-6-8-10-19)17-35-26(22)16-25(21)34-5-2/h6-17H,4-5H2,1-3H3,(H,30,31,32)/b18-13+. The fourth-order valence-electron chi connectivity index (χ4n) is 4.11. The Balaban J connectivity index is 1.45. The Morgan fingerprint density at radius 3 is 2.64 bits per heavy atom. The Bertz CT molecular complexity index is 1570. The second-order valence-corrected chi connectivity index (χ2v) is 9.22. The smallest absolute Gasteiger partial charge is 0.250 e. The van der Waals surface area contributed by atoms with Crippen LogP contribution in [0.15, 0.2) is 77.4 Å². The van der Waals surface area contributed by atoms with E-state index in [0.29, 0.717) is 24.1 Å². The molecule has 0 unspecified atom stereocenters. The summed E-state index contributed by atoms with van der Waals surface area (Å²) in [4.78, 5) is 17.4. The van der Waals surface area contributed by atoms with E-state index in [1.807, 2.05) is 81.4 Å². The van der Waals surface area contributed by atoms with Gasteiger partial charge in [-0.1, -0.05) is 41.7 Å². The molecular formula is C29H26N2O4S. The molecule has 6 nitrogen and oxygen atoms in total. The van der Waals surface area contributed by atoms with Gasteiger partial charge in [0.05, 0.1) is 29.7 Å². The van der Waals surface area contributed by atoms with Crippen molar-refractivity contribution in [3.63, 3.8) is 0 Å². The molecule has 0 aliphatic rings. The van der Waals surface area contributed by atoms with E-state index >= 15 is 0 Å². The zero-order valence-corrected chi connectivity index (χ0v) is 21.1. The Labute approximate surface area is 213 Å². The number of hydrogen-bond acceptors (Lipinski definition) is 6. The number of thiazole rings is 1. The number of rotatable bonds is 8. The molecule has 5 rings (SSSR count). The average Bonchev–Trinajstić information content (AvgIpc) is 3.47. The number of carbonyl (C=O) groups excluding carboxylic acids is 1. The highest BCUT2D eigenvalue weighted by atomic mass is 32.1. The molecule has 1 amide bonds. The van der Waals surface area contributed by atoms with Gasteiger partial charge in [0.25, 0.3) is 0 Å². The van der Waals surface area contributed by atoms with Crippen LogP contribution in [0, 0.1) is 0 Å². The van der Waals surface area contributed by atoms with Crippen LogP contribution in [0.4, 0.5) is 5.13 Å². The summed E-state index contributed by atoms with van der Waals surface area (Å²) in [6.45, 7) is 6.87. The van der Waals surface area contributed by atoms with Crippen LogP contribution in [-0.2, 0) is 4.79 Å². The van der Waals surface area contributed by atoms with Gasteiger partial charge >= 0.3 is 0 Å². The van der Waals surface area contributed by atoms with Crippen molar-refractivity contribution >= 4 is 49.1 Å². The van der Waals surface area contributed by atoms with Crippen LogP contribution in [0.2, 0.25) is 0 Å². The zero-order valence-electron chi connectivity index (χ0n) is 20.3. The first-order chi connectivity index (χ1) is 17.6. The first-order valence-corrected chi connectivity index (χ1v) is 12.6. The Hall–Kier alpha value is -4.10. The Morgan fingerprint density at radius 2 is 1.86 bits per heavy atom. The number of fused-ring (bicyclic) bond motifs is 2. The van der Waals surface area contributed by atoms with Gasteiger partial charge in [-0.25, -0.2) is 4.98 Å². The first kappa shape index (κ1) is 23.6. The maximum absolute atomic E-state index is 12.9. The minimum Gasteiger partial charge on any atom is -0.494 e. The van der Waals surface area contributed by atoms with E-state index in [4.69, 9.17) is 13.9 Å². The molecule has 7 heteroatoms. The van der Waals surface area contributed by atoms with Crippen molar-refractivity contribution in [1.82, 2.24) is 4.98 Å². The molecule has 0 spiro atoms. The number of nitrogens with one attached hydrogen (secondary N) is 1. The van der Waals surface area contributed by atoms with Crippen LogP contribution in [0.1, 0.15) is 26.3 Å². The fraction of sp³-hybridized carbons (Fsp3) is 0.172. The van der Waals surface area contributed by atoms with Gasteiger partial charge in [-0.15, -0.1) is 0 Å². The second-order valence-electron chi connectivity index (χ2n) is 8.19. The van der Waals surface area contributed by atoms with E-state index in [1.54, 1.807) is 12.3 Å². The van der Waals surface area contributed by atoms with Crippen LogP contribution in [0.3, 0.4) is 0 Å². The lowest BCUT2D eigenvalue weighted by molar-refractivity contribution is -0.111. The lowest BCUT2D eigenvalue weighted by atomic mass is 9.99. The molecule has 0 fully saturated rings. The highest BCUT2D eigenvalue weighted by Crippen LogP contribution is 2.37. The van der Waals surface area contributed by atoms with E-state index in [0.717, 1.165) is 49.2 Å². The Kier molecular flexibility index (Phi) is 6.73. The fourth-order valence-corrected chi connectivity index (χ4v) is 5.01. The molecule has 0 radical (unpaired) electrons. The summed E-state index contributed by atoms with van der Waals surface area (Å²) in [6.07, 6.45) is 3.33. The summed E-state index contributed by atoms with van der Waals surface area (Å²) in [5, 5.41) is 4.39. The molecule has 0 saturated carbocycles. The predicted octanol–water partition coefficient (Wildman–Crippen LogP) is 7.55. The zero-order chi connectivity index (χ0) is 25.1. The molecule has 0 bridgehead atoms. The highest BCUT2D eigenvalue weighted by molar-refractivity contribution is 7.22. The van der Waals surface area contributed by atoms with E-state index in [2.05, 4.69) is 10.3 Å². The molecule has 3 aromatic carbocycles. The van der Waals surface area contributed by atoms with E-state index in [-0.39, 0.29) is 5.91 Å². The maximum Gasteiger partial charge on any atom is 0.250 e. The third-order valence-electron chi connectivity index (χ3n) is 5.73. The van der Waals surface area contributed by atoms with Crippen LogP contribution >= 0.6 is 11.3 Å². The number of benzene rings is 3. The molecule has 0 saturated heterocycles. The third kappa shape index (κ3) is 4.83. The van der Waals surface area contributed by atoms with Crippen molar-refractivity contribution in [2.45, 2.75) is 20.8 Å². The number of carbonyl (C=O) groups is 1. The van der Waals surface area contributed by atoms with Gasteiger partial charge in [0.15, 0.2) is 5.13 Å². The number of amides is 1. The molecule has 182 valence electrons. The quantitative estimate of drug-likeness (QED) is 0.224. The number of aromatic nitrogens is 1. The van der Waals surface area contributed by atoms with E-state index in [9.17, 15) is 4.79 Å². The summed E-state index contributed by atoms with van der Waals surface area (Å²) in [5.41, 5.74) is 5.22. The first-order valence-electron chi connectivity index (χ1n) is 11.8. The third-order valence-corrected chi connectivity index (χ3v) is 6.67.